The van der Waals surface area contributed by atoms with Crippen LogP contribution in [0.1, 0.15) is 140 Å². The van der Waals surface area contributed by atoms with Crippen LogP contribution in [-0.4, -0.2) is 231 Å². The molecule has 8 amide bonds. The highest BCUT2D eigenvalue weighted by Gasteiger charge is 2.45. The van der Waals surface area contributed by atoms with Crippen LogP contribution in [0.25, 0.3) is 22.6 Å². The maximum absolute atomic E-state index is 14.4. The Morgan fingerprint density at radius 3 is 1.45 bits per heavy atom. The van der Waals surface area contributed by atoms with Crippen LogP contribution in [0.2, 0.25) is 0 Å². The number of aromatic nitrogens is 1. The fourth-order valence-corrected chi connectivity index (χ4v) is 11.6. The van der Waals surface area contributed by atoms with Crippen LogP contribution in [-0.2, 0) is 57.4 Å². The summed E-state index contributed by atoms with van der Waals surface area (Å²) < 4.78 is 17.1. The van der Waals surface area contributed by atoms with Gasteiger partial charge in [0.1, 0.15) is 65.1 Å². The van der Waals surface area contributed by atoms with Gasteiger partial charge in [0.15, 0.2) is 11.3 Å². The molecular weight excluding hydrogens is 1220 g/mol. The molecule has 1 aromatic carbocycles. The van der Waals surface area contributed by atoms with E-state index in [4.69, 9.17) is 31.1 Å². The predicted molar refractivity (Wildman–Crippen MR) is 341 cm³/mol. The first kappa shape index (κ1) is 76.2. The number of fused-ring (bicyclic) bond motifs is 2. The van der Waals surface area contributed by atoms with Gasteiger partial charge in [0.2, 0.25) is 52.7 Å². The quantitative estimate of drug-likeness (QED) is 0.0244. The number of aliphatic hydroxyl groups excluding tert-OH is 2. The average molecular weight is 1320 g/mol. The van der Waals surface area contributed by atoms with Gasteiger partial charge in [-0.2, -0.15) is 0 Å². The summed E-state index contributed by atoms with van der Waals surface area (Å²) in [7, 11) is 5.21. The SMILES string of the molecule is CC[C@H](C)[C@@H](NC(=O)[C@@H](N)[C@@H](C)O)C(=O)N1CCC[C@H]1C(=O)N(C)CC(=O)N(C)[C@H](C(=O)OC(=O)c1c2nc3c(C(=O)OC(=O)[C@H](C(C)C)N(C)C(=O)CN(C)C(=O)[C@@H]4CCCN4C(=O)[C@H](NC(=O)[C@@H](N)[C@@H](C)O)[C@@H](C)CC)ccc(C)c3oc-2c(C)c(=O)c1N)C(C)C. The molecule has 0 bridgehead atoms. The van der Waals surface area contributed by atoms with Crippen LogP contribution >= 0.6 is 0 Å². The maximum Gasteiger partial charge on any atom is 0.350 e. The monoisotopic (exact) mass is 1320 g/mol. The van der Waals surface area contributed by atoms with Gasteiger partial charge in [0.05, 0.1) is 36.5 Å². The molecule has 10 N–H and O–H groups in total. The highest BCUT2D eigenvalue weighted by atomic mass is 16.6. The first-order valence-corrected chi connectivity index (χ1v) is 31.6. The lowest BCUT2D eigenvalue weighted by atomic mass is 9.96. The number of nitrogens with one attached hydrogen (secondary N) is 2. The molecule has 3 aliphatic heterocycles. The van der Waals surface area contributed by atoms with Crippen LogP contribution < -0.4 is 33.3 Å². The zero-order valence-corrected chi connectivity index (χ0v) is 56.6. The van der Waals surface area contributed by atoms with Crippen LogP contribution in [0.15, 0.2) is 21.3 Å². The molecule has 1 aliphatic carbocycles. The Labute approximate surface area is 546 Å². The van der Waals surface area contributed by atoms with Crippen molar-refractivity contribution < 1.29 is 81.6 Å². The van der Waals surface area contributed by atoms with E-state index in [9.17, 15) is 72.5 Å². The van der Waals surface area contributed by atoms with Gasteiger partial charge in [-0.25, -0.2) is 24.2 Å². The van der Waals surface area contributed by atoms with Gasteiger partial charge in [-0.3, -0.25) is 43.2 Å². The number of nitrogens with zero attached hydrogens (tertiary/aromatic N) is 7. The Morgan fingerprint density at radius 2 is 1.06 bits per heavy atom. The third kappa shape index (κ3) is 16.7. The lowest BCUT2D eigenvalue weighted by molar-refractivity contribution is -0.153. The molecule has 4 aliphatic rings. The fraction of sp³-hybridized carbons (Fsp3) is 0.625. The number of amides is 8. The third-order valence-corrected chi connectivity index (χ3v) is 17.9. The number of carbonyl (C=O) groups is 12. The van der Waals surface area contributed by atoms with E-state index >= 15 is 0 Å². The molecule has 30 heteroatoms. The van der Waals surface area contributed by atoms with Crippen molar-refractivity contribution in [3.05, 3.63) is 44.6 Å². The summed E-state index contributed by atoms with van der Waals surface area (Å²) >= 11 is 0. The van der Waals surface area contributed by atoms with Gasteiger partial charge < -0.3 is 81.3 Å². The van der Waals surface area contributed by atoms with E-state index in [0.29, 0.717) is 31.2 Å². The molecule has 0 saturated carbocycles. The van der Waals surface area contributed by atoms with Gasteiger partial charge in [-0.1, -0.05) is 74.3 Å². The minimum atomic E-state index is -1.51. The lowest BCUT2D eigenvalue weighted by Crippen LogP contribution is -2.59. The number of benzene rings is 2. The smallest absolute Gasteiger partial charge is 0.350 e. The van der Waals surface area contributed by atoms with Crippen molar-refractivity contribution in [2.75, 3.05) is 60.1 Å². The second-order valence-corrected chi connectivity index (χ2v) is 25.6. The van der Waals surface area contributed by atoms with Crippen molar-refractivity contribution in [2.24, 2.45) is 35.1 Å². The summed E-state index contributed by atoms with van der Waals surface area (Å²) in [5, 5.41) is 25.1. The summed E-state index contributed by atoms with van der Waals surface area (Å²) in [5.74, 6) is -13.1. The number of likely N-dealkylation sites (N-methyl/N-ethyl adjacent to an activating group) is 4. The Bertz CT molecular complexity index is 3420. The first-order chi connectivity index (χ1) is 43.9. The number of likely N-dealkylation sites (tertiary alicyclic amines) is 2. The van der Waals surface area contributed by atoms with Crippen LogP contribution in [0.5, 0.6) is 0 Å². The van der Waals surface area contributed by atoms with E-state index in [2.05, 4.69) is 15.6 Å². The number of ether oxygens (including phenoxy) is 2. The lowest BCUT2D eigenvalue weighted by Gasteiger charge is -2.34. The highest BCUT2D eigenvalue weighted by molar-refractivity contribution is 6.10. The number of nitrogen functional groups attached to an aromatic ring is 1. The van der Waals surface area contributed by atoms with E-state index < -0.39 is 190 Å². The number of rotatable bonds is 26. The number of anilines is 1. The van der Waals surface area contributed by atoms with Gasteiger partial charge in [0.25, 0.3) is 0 Å². The summed E-state index contributed by atoms with van der Waals surface area (Å²) in [6, 6.07) is -7.09. The summed E-state index contributed by atoms with van der Waals surface area (Å²) in [5.41, 5.74) is 14.6. The largest absolute Gasteiger partial charge is 0.452 e. The zero-order chi connectivity index (χ0) is 71.0. The van der Waals surface area contributed by atoms with E-state index in [1.54, 1.807) is 48.5 Å². The Morgan fingerprint density at radius 1 is 0.660 bits per heavy atom. The number of hydrogen-bond acceptors (Lipinski definition) is 22. The van der Waals surface area contributed by atoms with Crippen LogP contribution in [0.3, 0.4) is 0 Å². The molecular formula is C64H94N12O18. The van der Waals surface area contributed by atoms with Crippen molar-refractivity contribution in [1.29, 1.82) is 0 Å². The summed E-state index contributed by atoms with van der Waals surface area (Å²) in [6.07, 6.45) is -0.125. The zero-order valence-electron chi connectivity index (χ0n) is 56.6. The van der Waals surface area contributed by atoms with Gasteiger partial charge in [-0.05, 0) is 88.7 Å². The summed E-state index contributed by atoms with van der Waals surface area (Å²) in [4.78, 5) is 192. The molecule has 1 aromatic rings. The molecule has 0 unspecified atom stereocenters. The predicted octanol–water partition coefficient (Wildman–Crippen LogP) is 0.201. The van der Waals surface area contributed by atoms with E-state index in [1.807, 2.05) is 13.8 Å². The molecule has 2 fully saturated rings. The molecule has 30 nitrogen and oxygen atoms in total. The van der Waals surface area contributed by atoms with Gasteiger partial charge in [-0.15, -0.1) is 0 Å². The number of esters is 4. The Kier molecular flexibility index (Phi) is 26.0. The van der Waals surface area contributed by atoms with Gasteiger partial charge in [0, 0.05) is 46.8 Å². The molecule has 0 radical (unpaired) electrons. The molecule has 0 spiro atoms. The minimum Gasteiger partial charge on any atom is -0.452 e. The molecule has 5 rings (SSSR count). The van der Waals surface area contributed by atoms with Crippen molar-refractivity contribution in [3.8, 4) is 11.5 Å². The fourth-order valence-electron chi connectivity index (χ4n) is 11.6. The highest BCUT2D eigenvalue weighted by Crippen LogP contribution is 2.36. The number of hydrogen-bond donors (Lipinski definition) is 7. The van der Waals surface area contributed by atoms with Crippen molar-refractivity contribution in [1.82, 2.24) is 45.0 Å². The second kappa shape index (κ2) is 32.1. The molecule has 0 aromatic heterocycles. The maximum atomic E-state index is 14.4. The molecule has 12 atom stereocenters. The number of aryl methyl sites for hydroxylation is 1. The molecule has 2 saturated heterocycles. The van der Waals surface area contributed by atoms with Crippen molar-refractivity contribution in [2.45, 2.75) is 182 Å². The molecule has 518 valence electrons. The Balaban J connectivity index is 1.35. The average Bonchev–Trinajstić information content (AvgIpc) is 0.910. The first-order valence-electron chi connectivity index (χ1n) is 31.6. The van der Waals surface area contributed by atoms with E-state index in [0.717, 1.165) is 19.6 Å². The molecule has 3 heterocycles. The Hall–Kier alpha value is -8.48. The van der Waals surface area contributed by atoms with Crippen molar-refractivity contribution >= 4 is 87.9 Å². The number of nitrogens with two attached hydrogens (primary N) is 3. The standard InChI is InChI=1S/C64H94N12O18/c1-17-31(7)46(69-55(82)43(65)35(11)77)59(86)75-25-19-21-38(75)57(84)71(13)27-40(79)73(15)50(29(3)4)63(90)93-61(88)37-24-23-33(9)53-48(37)68-49-42(45(67)52(81)34(10)54(49)92-53)62(89)94-64(91)51(30(5)6)74(16)41(80)28-72(14)58(85)39-22-20-26-76(39)60(87)47(32(8)18-2)70-56(83)44(66)36(12)78/h23-24,29-32,35-36,38-39,43-44,46-47,50-51,77-78H,17-22,25-28,65-67H2,1-16H3,(H,69,82)(H,70,83)/t31-,32-,35+,36+,38-,39-,43-,44-,46+,47+,50-,51-/m0/s1. The van der Waals surface area contributed by atoms with E-state index in [1.165, 1.54) is 70.9 Å². The van der Waals surface area contributed by atoms with Gasteiger partial charge >= 0.3 is 23.9 Å². The van der Waals surface area contributed by atoms with Crippen LogP contribution in [0, 0.1) is 37.5 Å². The van der Waals surface area contributed by atoms with Crippen molar-refractivity contribution in [3.63, 3.8) is 0 Å². The minimum absolute atomic E-state index is 0.103. The van der Waals surface area contributed by atoms with Crippen LogP contribution in [0.4, 0.5) is 5.69 Å². The number of carbonyl (C=O) groups excluding carboxylic acids is 12. The summed E-state index contributed by atoms with van der Waals surface area (Å²) in [6.45, 7) is 18.1. The topological polar surface area (TPSA) is 428 Å². The number of aliphatic hydroxyl groups is 2. The second-order valence-electron chi connectivity index (χ2n) is 25.6. The third-order valence-electron chi connectivity index (χ3n) is 17.9. The molecule has 94 heavy (non-hydrogen) atoms. The normalized spacial score (nSPS) is 18.0. The van der Waals surface area contributed by atoms with E-state index in [-0.39, 0.29) is 54.3 Å².